The largest absolute Gasteiger partial charge is 0.378 e. The Balaban J connectivity index is 2.19. The zero-order valence-electron chi connectivity index (χ0n) is 11.2. The van der Waals surface area contributed by atoms with Crippen molar-refractivity contribution in [3.05, 3.63) is 63.9 Å². The van der Waals surface area contributed by atoms with Crippen LogP contribution < -0.4 is 5.32 Å². The number of hydrogen-bond acceptors (Lipinski definition) is 2. The first-order valence-electron chi connectivity index (χ1n) is 6.23. The van der Waals surface area contributed by atoms with Crippen LogP contribution in [-0.2, 0) is 0 Å². The highest BCUT2D eigenvalue weighted by Gasteiger charge is 2.09. The van der Waals surface area contributed by atoms with Gasteiger partial charge in [0.05, 0.1) is 10.6 Å². The fourth-order valence-electron chi connectivity index (χ4n) is 1.91. The molecular formula is C16H14ClFN2. The van der Waals surface area contributed by atoms with Crippen LogP contribution in [0.25, 0.3) is 0 Å². The molecule has 1 atom stereocenters. The van der Waals surface area contributed by atoms with E-state index < -0.39 is 0 Å². The molecule has 0 fully saturated rings. The summed E-state index contributed by atoms with van der Waals surface area (Å²) >= 11 is 5.98. The second-order valence-electron chi connectivity index (χ2n) is 4.68. The molecule has 0 bridgehead atoms. The summed E-state index contributed by atoms with van der Waals surface area (Å²) in [6.45, 7) is 3.67. The first-order chi connectivity index (χ1) is 9.51. The second-order valence-corrected chi connectivity index (χ2v) is 5.09. The van der Waals surface area contributed by atoms with E-state index in [2.05, 4.69) is 5.32 Å². The maximum atomic E-state index is 13.6. The van der Waals surface area contributed by atoms with Gasteiger partial charge >= 0.3 is 0 Å². The van der Waals surface area contributed by atoms with Crippen molar-refractivity contribution < 1.29 is 4.39 Å². The summed E-state index contributed by atoms with van der Waals surface area (Å²) in [4.78, 5) is 0. The van der Waals surface area contributed by atoms with Crippen molar-refractivity contribution >= 4 is 17.3 Å². The highest BCUT2D eigenvalue weighted by atomic mass is 35.5. The quantitative estimate of drug-likeness (QED) is 0.878. The molecule has 2 aromatic rings. The molecule has 4 heteroatoms. The van der Waals surface area contributed by atoms with Crippen molar-refractivity contribution in [1.29, 1.82) is 5.26 Å². The lowest BCUT2D eigenvalue weighted by Gasteiger charge is -2.16. The number of nitrogens with one attached hydrogen (secondary N) is 1. The SMILES string of the molecule is Cc1ccc(C(C)Nc2ccc(C#N)c(Cl)c2)cc1F. The van der Waals surface area contributed by atoms with E-state index in [-0.39, 0.29) is 11.9 Å². The normalized spacial score (nSPS) is 11.8. The first-order valence-corrected chi connectivity index (χ1v) is 6.61. The Kier molecular flexibility index (Phi) is 4.26. The number of rotatable bonds is 3. The molecule has 0 spiro atoms. The molecule has 20 heavy (non-hydrogen) atoms. The number of anilines is 1. The van der Waals surface area contributed by atoms with Crippen molar-refractivity contribution in [2.45, 2.75) is 19.9 Å². The van der Waals surface area contributed by atoms with Crippen molar-refractivity contribution in [2.24, 2.45) is 0 Å². The van der Waals surface area contributed by atoms with Crippen LogP contribution in [0.2, 0.25) is 5.02 Å². The number of aryl methyl sites for hydroxylation is 1. The predicted octanol–water partition coefficient (Wildman–Crippen LogP) is 4.83. The van der Waals surface area contributed by atoms with Gasteiger partial charge in [0, 0.05) is 11.7 Å². The number of benzene rings is 2. The number of hydrogen-bond donors (Lipinski definition) is 1. The molecular weight excluding hydrogens is 275 g/mol. The minimum absolute atomic E-state index is 0.0610. The predicted molar refractivity (Wildman–Crippen MR) is 79.3 cm³/mol. The third kappa shape index (κ3) is 3.09. The minimum atomic E-state index is -0.214. The Hall–Kier alpha value is -2.05. The van der Waals surface area contributed by atoms with Gasteiger partial charge in [0.15, 0.2) is 0 Å². The van der Waals surface area contributed by atoms with E-state index in [1.807, 2.05) is 19.1 Å². The Morgan fingerprint density at radius 2 is 2.00 bits per heavy atom. The van der Waals surface area contributed by atoms with Crippen molar-refractivity contribution in [2.75, 3.05) is 5.32 Å². The summed E-state index contributed by atoms with van der Waals surface area (Å²) in [6.07, 6.45) is 0. The fourth-order valence-corrected chi connectivity index (χ4v) is 2.13. The van der Waals surface area contributed by atoms with Crippen LogP contribution in [0.5, 0.6) is 0 Å². The molecule has 2 aromatic carbocycles. The van der Waals surface area contributed by atoms with Crippen LogP contribution in [0.4, 0.5) is 10.1 Å². The summed E-state index contributed by atoms with van der Waals surface area (Å²) in [7, 11) is 0. The van der Waals surface area contributed by atoms with E-state index in [1.165, 1.54) is 6.07 Å². The molecule has 102 valence electrons. The average Bonchev–Trinajstić information content (AvgIpc) is 2.42. The molecule has 0 heterocycles. The number of halogens is 2. The van der Waals surface area contributed by atoms with Gasteiger partial charge in [0.2, 0.25) is 0 Å². The Labute approximate surface area is 122 Å². The van der Waals surface area contributed by atoms with Crippen LogP contribution in [0, 0.1) is 24.1 Å². The van der Waals surface area contributed by atoms with Crippen LogP contribution in [0.3, 0.4) is 0 Å². The van der Waals surface area contributed by atoms with Crippen molar-refractivity contribution in [3.8, 4) is 6.07 Å². The molecule has 2 nitrogen and oxygen atoms in total. The van der Waals surface area contributed by atoms with Gasteiger partial charge in [-0.3, -0.25) is 0 Å². The fraction of sp³-hybridized carbons (Fsp3) is 0.188. The lowest BCUT2D eigenvalue weighted by molar-refractivity contribution is 0.614. The third-order valence-corrected chi connectivity index (χ3v) is 3.48. The maximum Gasteiger partial charge on any atom is 0.126 e. The first kappa shape index (κ1) is 14.4. The number of nitrogens with zero attached hydrogens (tertiary/aromatic N) is 1. The van der Waals surface area contributed by atoms with Crippen LogP contribution >= 0.6 is 11.6 Å². The molecule has 2 rings (SSSR count). The molecule has 0 amide bonds. The van der Waals surface area contributed by atoms with Gasteiger partial charge in [-0.25, -0.2) is 4.39 Å². The Bertz CT molecular complexity index is 677. The van der Waals surface area contributed by atoms with E-state index in [1.54, 1.807) is 31.2 Å². The summed E-state index contributed by atoms with van der Waals surface area (Å²) in [6, 6.07) is 12.3. The monoisotopic (exact) mass is 288 g/mol. The minimum Gasteiger partial charge on any atom is -0.378 e. The molecule has 0 aliphatic rings. The zero-order chi connectivity index (χ0) is 14.7. The van der Waals surface area contributed by atoms with Gasteiger partial charge < -0.3 is 5.32 Å². The highest BCUT2D eigenvalue weighted by molar-refractivity contribution is 6.32. The van der Waals surface area contributed by atoms with Gasteiger partial charge in [0.1, 0.15) is 11.9 Å². The smallest absolute Gasteiger partial charge is 0.126 e. The van der Waals surface area contributed by atoms with Gasteiger partial charge in [-0.05, 0) is 49.2 Å². The van der Waals surface area contributed by atoms with Gasteiger partial charge in [-0.1, -0.05) is 23.7 Å². The molecule has 1 unspecified atom stereocenters. The topological polar surface area (TPSA) is 35.8 Å². The third-order valence-electron chi connectivity index (χ3n) is 3.17. The average molecular weight is 289 g/mol. The summed E-state index contributed by atoms with van der Waals surface area (Å²) in [5.74, 6) is -0.214. The van der Waals surface area contributed by atoms with E-state index in [0.29, 0.717) is 16.1 Å². The van der Waals surface area contributed by atoms with E-state index in [0.717, 1.165) is 11.3 Å². The Morgan fingerprint density at radius 3 is 2.60 bits per heavy atom. The Morgan fingerprint density at radius 1 is 1.25 bits per heavy atom. The number of nitriles is 1. The van der Waals surface area contributed by atoms with Crippen LogP contribution in [-0.4, -0.2) is 0 Å². The molecule has 0 saturated heterocycles. The van der Waals surface area contributed by atoms with E-state index in [4.69, 9.17) is 16.9 Å². The molecule has 0 aliphatic heterocycles. The van der Waals surface area contributed by atoms with E-state index in [9.17, 15) is 4.39 Å². The van der Waals surface area contributed by atoms with Crippen molar-refractivity contribution in [1.82, 2.24) is 0 Å². The standard InChI is InChI=1S/C16H14ClFN2/c1-10-3-4-12(7-16(10)18)11(2)20-14-6-5-13(9-19)15(17)8-14/h3-8,11,20H,1-2H3. The molecule has 1 N–H and O–H groups in total. The lowest BCUT2D eigenvalue weighted by atomic mass is 10.1. The summed E-state index contributed by atoms with van der Waals surface area (Å²) in [5.41, 5.74) is 2.71. The molecule has 0 aromatic heterocycles. The lowest BCUT2D eigenvalue weighted by Crippen LogP contribution is -2.07. The summed E-state index contributed by atoms with van der Waals surface area (Å²) in [5, 5.41) is 12.5. The van der Waals surface area contributed by atoms with Crippen LogP contribution in [0.1, 0.15) is 29.7 Å². The zero-order valence-corrected chi connectivity index (χ0v) is 12.0. The second kappa shape index (κ2) is 5.94. The van der Waals surface area contributed by atoms with Gasteiger partial charge in [0.25, 0.3) is 0 Å². The highest BCUT2D eigenvalue weighted by Crippen LogP contribution is 2.25. The van der Waals surface area contributed by atoms with E-state index >= 15 is 0 Å². The molecule has 0 radical (unpaired) electrons. The molecule has 0 saturated carbocycles. The maximum absolute atomic E-state index is 13.6. The van der Waals surface area contributed by atoms with Crippen molar-refractivity contribution in [3.63, 3.8) is 0 Å². The van der Waals surface area contributed by atoms with Gasteiger partial charge in [-0.15, -0.1) is 0 Å². The van der Waals surface area contributed by atoms with Crippen LogP contribution in [0.15, 0.2) is 36.4 Å². The van der Waals surface area contributed by atoms with Gasteiger partial charge in [-0.2, -0.15) is 5.26 Å². The summed E-state index contributed by atoms with van der Waals surface area (Å²) < 4.78 is 13.6. The molecule has 0 aliphatic carbocycles.